The Bertz CT molecular complexity index is 248. The number of rotatable bonds is 6. The minimum Gasteiger partial charge on any atom is -0.481 e. The van der Waals surface area contributed by atoms with Gasteiger partial charge >= 0.3 is 5.97 Å². The van der Waals surface area contributed by atoms with Crippen LogP contribution in [0.1, 0.15) is 27.2 Å². The number of hydrogen-bond acceptors (Lipinski definition) is 2. The third-order valence-electron chi connectivity index (χ3n) is 2.40. The van der Waals surface area contributed by atoms with E-state index in [2.05, 4.69) is 5.32 Å². The number of allylic oxidation sites excluding steroid dienone is 1. The minimum atomic E-state index is -0.939. The first-order valence-corrected chi connectivity index (χ1v) is 5.12. The van der Waals surface area contributed by atoms with Gasteiger partial charge in [-0.1, -0.05) is 26.0 Å². The van der Waals surface area contributed by atoms with Gasteiger partial charge in [0.15, 0.2) is 0 Å². The molecule has 86 valence electrons. The maximum absolute atomic E-state index is 11.5. The van der Waals surface area contributed by atoms with E-state index < -0.39 is 17.8 Å². The molecule has 0 rings (SSSR count). The van der Waals surface area contributed by atoms with Crippen LogP contribution in [0, 0.1) is 11.8 Å². The Labute approximate surface area is 90.4 Å². The topological polar surface area (TPSA) is 66.4 Å². The van der Waals surface area contributed by atoms with Crippen LogP contribution >= 0.6 is 0 Å². The van der Waals surface area contributed by atoms with Crippen LogP contribution < -0.4 is 5.32 Å². The van der Waals surface area contributed by atoms with Gasteiger partial charge in [0.2, 0.25) is 5.91 Å². The lowest BCUT2D eigenvalue weighted by Gasteiger charge is -2.15. The van der Waals surface area contributed by atoms with Crippen molar-refractivity contribution < 1.29 is 14.7 Å². The van der Waals surface area contributed by atoms with E-state index in [1.54, 1.807) is 13.8 Å². The fourth-order valence-electron chi connectivity index (χ4n) is 1.05. The quantitative estimate of drug-likeness (QED) is 0.518. The molecule has 2 unspecified atom stereocenters. The van der Waals surface area contributed by atoms with Crippen LogP contribution in [0.15, 0.2) is 12.2 Å². The van der Waals surface area contributed by atoms with E-state index >= 15 is 0 Å². The van der Waals surface area contributed by atoms with Crippen molar-refractivity contribution in [1.82, 2.24) is 5.32 Å². The van der Waals surface area contributed by atoms with Crippen molar-refractivity contribution in [3.63, 3.8) is 0 Å². The number of nitrogens with one attached hydrogen (secondary N) is 1. The molecule has 4 heteroatoms. The van der Waals surface area contributed by atoms with Crippen LogP contribution in [-0.4, -0.2) is 23.5 Å². The molecule has 0 aliphatic heterocycles. The van der Waals surface area contributed by atoms with Crippen LogP contribution in [0.25, 0.3) is 0 Å². The summed E-state index contributed by atoms with van der Waals surface area (Å²) in [5, 5.41) is 11.4. The summed E-state index contributed by atoms with van der Waals surface area (Å²) >= 11 is 0. The van der Waals surface area contributed by atoms with E-state index in [0.29, 0.717) is 6.54 Å². The summed E-state index contributed by atoms with van der Waals surface area (Å²) in [5.41, 5.74) is 0. The first-order chi connectivity index (χ1) is 7.00. The predicted octanol–water partition coefficient (Wildman–Crippen LogP) is 1.43. The second-order valence-corrected chi connectivity index (χ2v) is 3.56. The van der Waals surface area contributed by atoms with Gasteiger partial charge in [0.25, 0.3) is 0 Å². The zero-order valence-electron chi connectivity index (χ0n) is 9.49. The van der Waals surface area contributed by atoms with Crippen molar-refractivity contribution >= 4 is 11.9 Å². The average Bonchev–Trinajstić information content (AvgIpc) is 2.21. The molecular formula is C11H19NO3. The van der Waals surface area contributed by atoms with E-state index in [0.717, 1.165) is 6.42 Å². The lowest BCUT2D eigenvalue weighted by atomic mass is 9.95. The molecule has 0 aliphatic rings. The fourth-order valence-corrected chi connectivity index (χ4v) is 1.05. The third kappa shape index (κ3) is 5.20. The molecule has 0 spiro atoms. The van der Waals surface area contributed by atoms with Gasteiger partial charge in [-0.15, -0.1) is 0 Å². The van der Waals surface area contributed by atoms with Gasteiger partial charge in [0.1, 0.15) is 0 Å². The van der Waals surface area contributed by atoms with Gasteiger partial charge < -0.3 is 10.4 Å². The summed E-state index contributed by atoms with van der Waals surface area (Å²) in [5.74, 6) is -2.28. The van der Waals surface area contributed by atoms with Crippen LogP contribution in [0.2, 0.25) is 0 Å². The van der Waals surface area contributed by atoms with Crippen LogP contribution in [0.3, 0.4) is 0 Å². The average molecular weight is 213 g/mol. The molecule has 0 fully saturated rings. The number of carbonyl (C=O) groups is 2. The number of carboxylic acids is 1. The number of amides is 1. The molecule has 0 aromatic rings. The fraction of sp³-hybridized carbons (Fsp3) is 0.636. The monoisotopic (exact) mass is 213 g/mol. The van der Waals surface area contributed by atoms with Crippen molar-refractivity contribution in [3.05, 3.63) is 12.2 Å². The molecule has 0 bridgehead atoms. The molecule has 0 heterocycles. The van der Waals surface area contributed by atoms with E-state index in [4.69, 9.17) is 5.11 Å². The second kappa shape index (κ2) is 7.04. The molecule has 15 heavy (non-hydrogen) atoms. The molecule has 0 saturated heterocycles. The molecule has 4 nitrogen and oxygen atoms in total. The van der Waals surface area contributed by atoms with Gasteiger partial charge in [0, 0.05) is 12.5 Å². The Kier molecular flexibility index (Phi) is 6.42. The number of carbonyl (C=O) groups excluding carboxylic acids is 1. The Morgan fingerprint density at radius 3 is 2.40 bits per heavy atom. The third-order valence-corrected chi connectivity index (χ3v) is 2.40. The highest BCUT2D eigenvalue weighted by Gasteiger charge is 2.25. The number of hydrogen-bond donors (Lipinski definition) is 2. The molecule has 0 radical (unpaired) electrons. The lowest BCUT2D eigenvalue weighted by molar-refractivity contribution is -0.146. The smallest absolute Gasteiger partial charge is 0.307 e. The highest BCUT2D eigenvalue weighted by molar-refractivity contribution is 5.84. The SMILES string of the molecule is C/C=C/CCNC(=O)C(C)C(C)C(=O)O. The zero-order valence-corrected chi connectivity index (χ0v) is 9.49. The van der Waals surface area contributed by atoms with E-state index in [-0.39, 0.29) is 5.91 Å². The minimum absolute atomic E-state index is 0.200. The van der Waals surface area contributed by atoms with Crippen molar-refractivity contribution in [2.75, 3.05) is 6.54 Å². The van der Waals surface area contributed by atoms with Crippen molar-refractivity contribution in [2.24, 2.45) is 11.8 Å². The van der Waals surface area contributed by atoms with Gasteiger partial charge in [-0.05, 0) is 13.3 Å². The zero-order chi connectivity index (χ0) is 11.8. The number of aliphatic carboxylic acids is 1. The summed E-state index contributed by atoms with van der Waals surface area (Å²) in [7, 11) is 0. The first-order valence-electron chi connectivity index (χ1n) is 5.12. The van der Waals surface area contributed by atoms with Crippen LogP contribution in [-0.2, 0) is 9.59 Å². The Morgan fingerprint density at radius 2 is 1.93 bits per heavy atom. The standard InChI is InChI=1S/C11H19NO3/c1-4-5-6-7-12-10(13)8(2)9(3)11(14)15/h4-5,8-9H,6-7H2,1-3H3,(H,12,13)(H,14,15)/b5-4+. The molecule has 2 atom stereocenters. The van der Waals surface area contributed by atoms with E-state index in [1.165, 1.54) is 0 Å². The Balaban J connectivity index is 3.94. The maximum atomic E-state index is 11.5. The summed E-state index contributed by atoms with van der Waals surface area (Å²) in [4.78, 5) is 22.1. The molecule has 0 aromatic heterocycles. The lowest BCUT2D eigenvalue weighted by Crippen LogP contribution is -2.35. The molecule has 0 aliphatic carbocycles. The molecule has 0 aromatic carbocycles. The van der Waals surface area contributed by atoms with Crippen LogP contribution in [0.5, 0.6) is 0 Å². The number of carboxylic acid groups (broad SMARTS) is 1. The van der Waals surface area contributed by atoms with Crippen molar-refractivity contribution in [3.8, 4) is 0 Å². The Morgan fingerprint density at radius 1 is 1.33 bits per heavy atom. The molecule has 2 N–H and O–H groups in total. The first kappa shape index (κ1) is 13.7. The predicted molar refractivity (Wildman–Crippen MR) is 58.4 cm³/mol. The highest BCUT2D eigenvalue weighted by Crippen LogP contribution is 2.10. The summed E-state index contributed by atoms with van der Waals surface area (Å²) in [6.07, 6.45) is 4.64. The summed E-state index contributed by atoms with van der Waals surface area (Å²) < 4.78 is 0. The highest BCUT2D eigenvalue weighted by atomic mass is 16.4. The van der Waals surface area contributed by atoms with E-state index in [1.807, 2.05) is 19.1 Å². The normalized spacial score (nSPS) is 14.9. The largest absolute Gasteiger partial charge is 0.481 e. The van der Waals surface area contributed by atoms with Gasteiger partial charge in [-0.2, -0.15) is 0 Å². The summed E-state index contributed by atoms with van der Waals surface area (Å²) in [6, 6.07) is 0. The molecular weight excluding hydrogens is 194 g/mol. The van der Waals surface area contributed by atoms with Gasteiger partial charge in [-0.3, -0.25) is 9.59 Å². The van der Waals surface area contributed by atoms with Gasteiger partial charge in [-0.25, -0.2) is 0 Å². The maximum Gasteiger partial charge on any atom is 0.307 e. The Hall–Kier alpha value is -1.32. The second-order valence-electron chi connectivity index (χ2n) is 3.56. The van der Waals surface area contributed by atoms with Crippen LogP contribution in [0.4, 0.5) is 0 Å². The van der Waals surface area contributed by atoms with Gasteiger partial charge in [0.05, 0.1) is 5.92 Å². The molecule has 0 saturated carbocycles. The van der Waals surface area contributed by atoms with Crippen molar-refractivity contribution in [2.45, 2.75) is 27.2 Å². The molecule has 1 amide bonds. The van der Waals surface area contributed by atoms with Crippen molar-refractivity contribution in [1.29, 1.82) is 0 Å². The summed E-state index contributed by atoms with van der Waals surface area (Å²) in [6.45, 7) is 5.64. The van der Waals surface area contributed by atoms with E-state index in [9.17, 15) is 9.59 Å².